The number of nitrogens with zero attached hydrogens (tertiary/aromatic N) is 1. The van der Waals surface area contributed by atoms with E-state index < -0.39 is 10.1 Å². The first kappa shape index (κ1) is 11.4. The number of morpholine rings is 1. The fourth-order valence-electron chi connectivity index (χ4n) is 1.66. The van der Waals surface area contributed by atoms with Crippen LogP contribution in [0.25, 0.3) is 0 Å². The summed E-state index contributed by atoms with van der Waals surface area (Å²) in [6, 6.07) is 6.29. The van der Waals surface area contributed by atoms with Gasteiger partial charge in [-0.1, -0.05) is 6.07 Å². The lowest BCUT2D eigenvalue weighted by Gasteiger charge is -2.28. The van der Waals surface area contributed by atoms with Gasteiger partial charge in [0.15, 0.2) is 0 Å². The van der Waals surface area contributed by atoms with Crippen molar-refractivity contribution in [3.8, 4) is 0 Å². The zero-order chi connectivity index (χ0) is 11.6. The predicted molar refractivity (Wildman–Crippen MR) is 59.3 cm³/mol. The van der Waals surface area contributed by atoms with Gasteiger partial charge in [0.25, 0.3) is 10.1 Å². The Morgan fingerprint density at radius 1 is 1.25 bits per heavy atom. The van der Waals surface area contributed by atoms with E-state index in [1.165, 1.54) is 12.1 Å². The van der Waals surface area contributed by atoms with Crippen molar-refractivity contribution in [3.63, 3.8) is 0 Å². The maximum atomic E-state index is 11.0. The number of benzene rings is 1. The normalized spacial score (nSPS) is 17.4. The summed E-state index contributed by atoms with van der Waals surface area (Å²) in [5.41, 5.74) is 0.790. The van der Waals surface area contributed by atoms with Crippen molar-refractivity contribution in [2.75, 3.05) is 31.2 Å². The minimum Gasteiger partial charge on any atom is -0.378 e. The Balaban J connectivity index is 2.28. The minimum atomic E-state index is -4.12. The van der Waals surface area contributed by atoms with Gasteiger partial charge in [-0.3, -0.25) is 4.55 Å². The molecular formula is C10H13NO4S. The highest BCUT2D eigenvalue weighted by atomic mass is 32.2. The second kappa shape index (κ2) is 4.40. The lowest BCUT2D eigenvalue weighted by atomic mass is 10.2. The quantitative estimate of drug-likeness (QED) is 0.777. The van der Waals surface area contributed by atoms with Gasteiger partial charge < -0.3 is 9.64 Å². The number of ether oxygens (including phenoxy) is 1. The van der Waals surface area contributed by atoms with Crippen LogP contribution >= 0.6 is 0 Å². The van der Waals surface area contributed by atoms with Gasteiger partial charge in [0.05, 0.1) is 18.1 Å². The van der Waals surface area contributed by atoms with Gasteiger partial charge in [-0.2, -0.15) is 8.42 Å². The predicted octanol–water partition coefficient (Wildman–Crippen LogP) is 0.770. The Labute approximate surface area is 94.4 Å². The van der Waals surface area contributed by atoms with E-state index in [0.29, 0.717) is 13.2 Å². The third kappa shape index (κ3) is 2.52. The van der Waals surface area contributed by atoms with Crippen molar-refractivity contribution in [2.24, 2.45) is 0 Å². The number of hydrogen-bond acceptors (Lipinski definition) is 4. The van der Waals surface area contributed by atoms with Crippen LogP contribution in [0.2, 0.25) is 0 Å². The van der Waals surface area contributed by atoms with Crippen molar-refractivity contribution in [1.82, 2.24) is 0 Å². The third-order valence-corrected chi connectivity index (χ3v) is 3.34. The molecule has 1 fully saturated rings. The fraction of sp³-hybridized carbons (Fsp3) is 0.400. The summed E-state index contributed by atoms with van der Waals surface area (Å²) >= 11 is 0. The largest absolute Gasteiger partial charge is 0.378 e. The lowest BCUT2D eigenvalue weighted by molar-refractivity contribution is 0.122. The summed E-state index contributed by atoms with van der Waals surface area (Å²) < 4.78 is 36.1. The lowest BCUT2D eigenvalue weighted by Crippen LogP contribution is -2.36. The molecule has 0 atom stereocenters. The molecule has 0 radical (unpaired) electrons. The van der Waals surface area contributed by atoms with Crippen molar-refractivity contribution < 1.29 is 17.7 Å². The summed E-state index contributed by atoms with van der Waals surface area (Å²) in [5.74, 6) is 0. The second-order valence-electron chi connectivity index (χ2n) is 3.57. The van der Waals surface area contributed by atoms with Gasteiger partial charge in [-0.25, -0.2) is 0 Å². The van der Waals surface area contributed by atoms with Crippen molar-refractivity contribution in [3.05, 3.63) is 24.3 Å². The van der Waals surface area contributed by atoms with E-state index in [9.17, 15) is 8.42 Å². The molecule has 16 heavy (non-hydrogen) atoms. The first-order valence-corrected chi connectivity index (χ1v) is 6.41. The summed E-state index contributed by atoms with van der Waals surface area (Å²) in [5, 5.41) is 0. The van der Waals surface area contributed by atoms with Gasteiger partial charge in [0.1, 0.15) is 0 Å². The first-order valence-electron chi connectivity index (χ1n) is 4.97. The summed E-state index contributed by atoms with van der Waals surface area (Å²) in [6.07, 6.45) is 0. The second-order valence-corrected chi connectivity index (χ2v) is 4.99. The molecule has 0 aromatic heterocycles. The van der Waals surface area contributed by atoms with E-state index in [4.69, 9.17) is 9.29 Å². The van der Waals surface area contributed by atoms with Crippen LogP contribution in [-0.4, -0.2) is 39.3 Å². The average Bonchev–Trinajstić information content (AvgIpc) is 2.29. The van der Waals surface area contributed by atoms with Gasteiger partial charge in [0, 0.05) is 18.8 Å². The molecule has 0 saturated carbocycles. The highest BCUT2D eigenvalue weighted by molar-refractivity contribution is 7.85. The van der Waals surface area contributed by atoms with Crippen LogP contribution < -0.4 is 4.90 Å². The van der Waals surface area contributed by atoms with Crippen molar-refractivity contribution in [1.29, 1.82) is 0 Å². The molecule has 0 aliphatic carbocycles. The summed E-state index contributed by atoms with van der Waals surface area (Å²) in [7, 11) is -4.12. The van der Waals surface area contributed by atoms with Crippen LogP contribution in [0.4, 0.5) is 5.69 Å². The molecule has 0 spiro atoms. The van der Waals surface area contributed by atoms with E-state index in [1.54, 1.807) is 6.07 Å². The molecule has 2 rings (SSSR count). The smallest absolute Gasteiger partial charge is 0.294 e. The standard InChI is InChI=1S/C10H13NO4S/c12-16(13,14)10-3-1-2-9(8-10)11-4-6-15-7-5-11/h1-3,8H,4-7H2,(H,12,13,14). The molecule has 5 nitrogen and oxygen atoms in total. The first-order chi connectivity index (χ1) is 7.57. The molecule has 1 aliphatic heterocycles. The Kier molecular flexibility index (Phi) is 3.13. The van der Waals surface area contributed by atoms with Crippen LogP contribution in [-0.2, 0) is 14.9 Å². The topological polar surface area (TPSA) is 66.8 Å². The SMILES string of the molecule is O=S(=O)(O)c1cccc(N2CCOCC2)c1. The van der Waals surface area contributed by atoms with Crippen molar-refractivity contribution >= 4 is 15.8 Å². The minimum absolute atomic E-state index is 0.0727. The Morgan fingerprint density at radius 3 is 2.56 bits per heavy atom. The zero-order valence-corrected chi connectivity index (χ0v) is 9.48. The van der Waals surface area contributed by atoms with Crippen LogP contribution in [0.3, 0.4) is 0 Å². The Morgan fingerprint density at radius 2 is 1.94 bits per heavy atom. The molecule has 1 N–H and O–H groups in total. The van der Waals surface area contributed by atoms with E-state index in [0.717, 1.165) is 18.8 Å². The van der Waals surface area contributed by atoms with Crippen LogP contribution in [0.1, 0.15) is 0 Å². The van der Waals surface area contributed by atoms with E-state index in [2.05, 4.69) is 0 Å². The monoisotopic (exact) mass is 243 g/mol. The molecule has 1 aromatic rings. The van der Waals surface area contributed by atoms with Crippen LogP contribution in [0.5, 0.6) is 0 Å². The van der Waals surface area contributed by atoms with Crippen molar-refractivity contribution in [2.45, 2.75) is 4.90 Å². The summed E-state index contributed by atoms with van der Waals surface area (Å²) in [6.45, 7) is 2.73. The van der Waals surface area contributed by atoms with Crippen LogP contribution in [0, 0.1) is 0 Å². The number of anilines is 1. The van der Waals surface area contributed by atoms with E-state index >= 15 is 0 Å². The third-order valence-electron chi connectivity index (χ3n) is 2.49. The molecule has 1 aliphatic rings. The van der Waals surface area contributed by atoms with Gasteiger partial charge >= 0.3 is 0 Å². The molecule has 6 heteroatoms. The van der Waals surface area contributed by atoms with Gasteiger partial charge in [-0.05, 0) is 18.2 Å². The molecule has 1 aromatic carbocycles. The van der Waals surface area contributed by atoms with E-state index in [1.807, 2.05) is 11.0 Å². The molecule has 0 unspecified atom stereocenters. The maximum absolute atomic E-state index is 11.0. The summed E-state index contributed by atoms with van der Waals surface area (Å²) in [4.78, 5) is 1.95. The molecule has 0 bridgehead atoms. The molecule has 1 saturated heterocycles. The molecule has 0 amide bonds. The molecular weight excluding hydrogens is 230 g/mol. The number of hydrogen-bond donors (Lipinski definition) is 1. The Hall–Kier alpha value is -1.11. The highest BCUT2D eigenvalue weighted by Crippen LogP contribution is 2.20. The maximum Gasteiger partial charge on any atom is 0.294 e. The number of rotatable bonds is 2. The fourth-order valence-corrected chi connectivity index (χ4v) is 2.18. The van der Waals surface area contributed by atoms with Gasteiger partial charge in [-0.15, -0.1) is 0 Å². The zero-order valence-electron chi connectivity index (χ0n) is 8.67. The van der Waals surface area contributed by atoms with Crippen LogP contribution in [0.15, 0.2) is 29.2 Å². The Bertz CT molecular complexity index is 465. The molecule has 1 heterocycles. The van der Waals surface area contributed by atoms with E-state index in [-0.39, 0.29) is 4.90 Å². The molecule has 88 valence electrons. The average molecular weight is 243 g/mol. The highest BCUT2D eigenvalue weighted by Gasteiger charge is 2.14. The van der Waals surface area contributed by atoms with Gasteiger partial charge in [0.2, 0.25) is 0 Å².